The number of rotatable bonds is 4. The zero-order chi connectivity index (χ0) is 13.3. The summed E-state index contributed by atoms with van der Waals surface area (Å²) in [7, 11) is -3.22. The lowest BCUT2D eigenvalue weighted by Gasteiger charge is -2.18. The van der Waals surface area contributed by atoms with Crippen LogP contribution in [0.4, 0.5) is 0 Å². The van der Waals surface area contributed by atoms with E-state index in [0.29, 0.717) is 12.5 Å². The molecule has 6 heteroatoms. The highest BCUT2D eigenvalue weighted by atomic mass is 32.2. The molecule has 0 radical (unpaired) electrons. The van der Waals surface area contributed by atoms with Crippen LogP contribution in [0.5, 0.6) is 0 Å². The first-order chi connectivity index (χ1) is 8.40. The molecule has 0 bridgehead atoms. The van der Waals surface area contributed by atoms with Crippen molar-refractivity contribution in [2.45, 2.75) is 32.6 Å². The highest BCUT2D eigenvalue weighted by Gasteiger charge is 2.39. The number of nitrogens with two attached hydrogens (primary N) is 1. The predicted molar refractivity (Wildman–Crippen MR) is 69.2 cm³/mol. The van der Waals surface area contributed by atoms with E-state index in [-0.39, 0.29) is 30.0 Å². The number of carbonyl (C=O) groups excluding carboxylic acids is 1. The summed E-state index contributed by atoms with van der Waals surface area (Å²) in [4.78, 5) is 11.2. The van der Waals surface area contributed by atoms with Crippen molar-refractivity contribution in [1.29, 1.82) is 0 Å². The lowest BCUT2D eigenvalue weighted by atomic mass is 9.98. The molecule has 1 aliphatic heterocycles. The molecule has 0 spiro atoms. The monoisotopic (exact) mass is 274 g/mol. The maximum atomic E-state index is 12.3. The van der Waals surface area contributed by atoms with Crippen molar-refractivity contribution in [1.82, 2.24) is 4.31 Å². The van der Waals surface area contributed by atoms with Crippen molar-refractivity contribution in [2.24, 2.45) is 23.5 Å². The van der Waals surface area contributed by atoms with E-state index < -0.39 is 10.0 Å². The second-order valence-corrected chi connectivity index (χ2v) is 7.75. The highest BCUT2D eigenvalue weighted by Crippen LogP contribution is 2.30. The van der Waals surface area contributed by atoms with Crippen molar-refractivity contribution in [3.05, 3.63) is 0 Å². The summed E-state index contributed by atoms with van der Waals surface area (Å²) < 4.78 is 26.0. The smallest absolute Gasteiger partial charge is 0.222 e. The molecule has 2 N–H and O–H groups in total. The quantitative estimate of drug-likeness (QED) is 0.813. The van der Waals surface area contributed by atoms with Gasteiger partial charge in [0.2, 0.25) is 15.9 Å². The summed E-state index contributed by atoms with van der Waals surface area (Å²) in [6, 6.07) is 0. The second-order valence-electron chi connectivity index (χ2n) is 5.73. The Balaban J connectivity index is 2.00. The van der Waals surface area contributed by atoms with Crippen LogP contribution in [0.15, 0.2) is 0 Å². The minimum absolute atomic E-state index is 0.0286. The number of primary amides is 1. The van der Waals surface area contributed by atoms with Crippen LogP contribution < -0.4 is 5.73 Å². The molecule has 2 rings (SSSR count). The molecule has 2 atom stereocenters. The van der Waals surface area contributed by atoms with E-state index in [1.165, 1.54) is 4.31 Å². The third-order valence-electron chi connectivity index (χ3n) is 4.26. The van der Waals surface area contributed by atoms with Gasteiger partial charge in [0.15, 0.2) is 0 Å². The molecule has 0 unspecified atom stereocenters. The largest absolute Gasteiger partial charge is 0.369 e. The number of sulfonamides is 1. The topological polar surface area (TPSA) is 80.5 Å². The summed E-state index contributed by atoms with van der Waals surface area (Å²) in [6.45, 7) is 2.59. The van der Waals surface area contributed by atoms with Gasteiger partial charge in [0.05, 0.1) is 11.7 Å². The van der Waals surface area contributed by atoms with Gasteiger partial charge in [-0.05, 0) is 24.7 Å². The standard InChI is InChI=1S/C12H22N2O3S/c1-9-6-14(7-11(9)12(13)15)18(16,17)8-10-4-2-3-5-10/h9-11H,2-8H2,1H3,(H2,13,15)/t9-,11-/m1/s1. The van der Waals surface area contributed by atoms with E-state index in [1.807, 2.05) is 6.92 Å². The van der Waals surface area contributed by atoms with Crippen molar-refractivity contribution in [3.8, 4) is 0 Å². The van der Waals surface area contributed by atoms with Gasteiger partial charge in [0, 0.05) is 13.1 Å². The van der Waals surface area contributed by atoms with Crippen molar-refractivity contribution in [2.75, 3.05) is 18.8 Å². The zero-order valence-electron chi connectivity index (χ0n) is 10.8. The molecule has 1 saturated carbocycles. The van der Waals surface area contributed by atoms with Crippen molar-refractivity contribution in [3.63, 3.8) is 0 Å². The molecule has 2 aliphatic rings. The van der Waals surface area contributed by atoms with Crippen LogP contribution in [-0.2, 0) is 14.8 Å². The fraction of sp³-hybridized carbons (Fsp3) is 0.917. The number of hydrogen-bond donors (Lipinski definition) is 1. The van der Waals surface area contributed by atoms with Gasteiger partial charge in [0.1, 0.15) is 0 Å². The molecular weight excluding hydrogens is 252 g/mol. The Kier molecular flexibility index (Phi) is 3.96. The average molecular weight is 274 g/mol. The van der Waals surface area contributed by atoms with Gasteiger partial charge in [0.25, 0.3) is 0 Å². The fourth-order valence-electron chi connectivity index (χ4n) is 3.10. The molecule has 0 aromatic carbocycles. The van der Waals surface area contributed by atoms with E-state index >= 15 is 0 Å². The van der Waals surface area contributed by atoms with Gasteiger partial charge < -0.3 is 5.73 Å². The number of hydrogen-bond acceptors (Lipinski definition) is 3. The zero-order valence-corrected chi connectivity index (χ0v) is 11.7. The van der Waals surface area contributed by atoms with Gasteiger partial charge in [-0.15, -0.1) is 0 Å². The van der Waals surface area contributed by atoms with Crippen LogP contribution >= 0.6 is 0 Å². The number of nitrogens with zero attached hydrogens (tertiary/aromatic N) is 1. The average Bonchev–Trinajstić information content (AvgIpc) is 2.86. The van der Waals surface area contributed by atoms with Crippen LogP contribution in [0.25, 0.3) is 0 Å². The van der Waals surface area contributed by atoms with Gasteiger partial charge in [-0.1, -0.05) is 19.8 Å². The molecule has 1 heterocycles. The molecule has 1 saturated heterocycles. The Morgan fingerprint density at radius 2 is 1.89 bits per heavy atom. The Hall–Kier alpha value is -0.620. The normalized spacial score (nSPS) is 30.9. The molecular formula is C12H22N2O3S. The number of amides is 1. The van der Waals surface area contributed by atoms with Crippen LogP contribution in [0.1, 0.15) is 32.6 Å². The van der Waals surface area contributed by atoms with E-state index in [4.69, 9.17) is 5.73 Å². The Bertz CT molecular complexity index is 415. The Morgan fingerprint density at radius 3 is 2.39 bits per heavy atom. The first-order valence-corrected chi connectivity index (χ1v) is 8.28. The molecule has 18 heavy (non-hydrogen) atoms. The summed E-state index contributed by atoms with van der Waals surface area (Å²) in [5.74, 6) is -0.145. The summed E-state index contributed by atoms with van der Waals surface area (Å²) in [5.41, 5.74) is 5.30. The minimum Gasteiger partial charge on any atom is -0.369 e. The molecule has 104 valence electrons. The van der Waals surface area contributed by atoms with E-state index in [2.05, 4.69) is 0 Å². The van der Waals surface area contributed by atoms with Crippen molar-refractivity contribution >= 4 is 15.9 Å². The molecule has 1 amide bonds. The maximum absolute atomic E-state index is 12.3. The highest BCUT2D eigenvalue weighted by molar-refractivity contribution is 7.89. The van der Waals surface area contributed by atoms with E-state index in [9.17, 15) is 13.2 Å². The van der Waals surface area contributed by atoms with Gasteiger partial charge in [-0.25, -0.2) is 12.7 Å². The minimum atomic E-state index is -3.22. The fourth-order valence-corrected chi connectivity index (χ4v) is 5.09. The summed E-state index contributed by atoms with van der Waals surface area (Å²) in [5, 5.41) is 0. The molecule has 5 nitrogen and oxygen atoms in total. The van der Waals surface area contributed by atoms with Crippen molar-refractivity contribution < 1.29 is 13.2 Å². The van der Waals surface area contributed by atoms with E-state index in [1.54, 1.807) is 0 Å². The SMILES string of the molecule is C[C@@H]1CN(S(=O)(=O)CC2CCCC2)C[C@H]1C(N)=O. The third-order valence-corrected chi connectivity index (χ3v) is 6.24. The summed E-state index contributed by atoms with van der Waals surface area (Å²) >= 11 is 0. The lowest BCUT2D eigenvalue weighted by molar-refractivity contribution is -0.122. The Morgan fingerprint density at radius 1 is 1.28 bits per heavy atom. The summed E-state index contributed by atoms with van der Waals surface area (Å²) in [6.07, 6.45) is 4.31. The first kappa shape index (κ1) is 13.8. The van der Waals surface area contributed by atoms with Crippen LogP contribution in [0.2, 0.25) is 0 Å². The third kappa shape index (κ3) is 2.85. The van der Waals surface area contributed by atoms with Crippen LogP contribution in [0, 0.1) is 17.8 Å². The van der Waals surface area contributed by atoms with Gasteiger partial charge in [-0.3, -0.25) is 4.79 Å². The predicted octanol–water partition coefficient (Wildman–Crippen LogP) is 0.560. The molecule has 2 fully saturated rings. The van der Waals surface area contributed by atoms with Gasteiger partial charge in [-0.2, -0.15) is 0 Å². The van der Waals surface area contributed by atoms with Gasteiger partial charge >= 0.3 is 0 Å². The lowest BCUT2D eigenvalue weighted by Crippen LogP contribution is -2.34. The Labute approximate surface area is 109 Å². The first-order valence-electron chi connectivity index (χ1n) is 6.67. The number of carbonyl (C=O) groups is 1. The van der Waals surface area contributed by atoms with Crippen LogP contribution in [-0.4, -0.2) is 37.5 Å². The second kappa shape index (κ2) is 5.17. The molecule has 0 aromatic rings. The molecule has 1 aliphatic carbocycles. The van der Waals surface area contributed by atoms with Crippen LogP contribution in [0.3, 0.4) is 0 Å². The van der Waals surface area contributed by atoms with E-state index in [0.717, 1.165) is 25.7 Å². The maximum Gasteiger partial charge on any atom is 0.222 e. The molecule has 0 aromatic heterocycles.